The minimum Gasteiger partial charge on any atom is -0.365 e. The van der Waals surface area contributed by atoms with Gasteiger partial charge in [0.1, 0.15) is 0 Å². The summed E-state index contributed by atoms with van der Waals surface area (Å²) in [6, 6.07) is 8.15. The first-order valence-electron chi connectivity index (χ1n) is 5.65. The lowest BCUT2D eigenvalue weighted by Gasteiger charge is -2.28. The molecule has 0 saturated heterocycles. The van der Waals surface area contributed by atoms with Crippen LogP contribution in [0, 0.1) is 6.92 Å². The number of rotatable bonds is 4. The number of hydrogen-bond donors (Lipinski definition) is 1. The number of carbonyl (C=O) groups is 1. The summed E-state index contributed by atoms with van der Waals surface area (Å²) in [4.78, 5) is 13.2. The number of anilines is 1. The molecule has 88 valence electrons. The normalized spacial score (nSPS) is 12.0. The molecule has 0 aliphatic carbocycles. The van der Waals surface area contributed by atoms with Gasteiger partial charge in [-0.1, -0.05) is 12.1 Å². The van der Waals surface area contributed by atoms with E-state index in [-0.39, 0.29) is 12.1 Å². The maximum absolute atomic E-state index is 11.4. The second-order valence-corrected chi connectivity index (χ2v) is 3.99. The number of nitrogens with zero attached hydrogens (tertiary/aromatic N) is 1. The van der Waals surface area contributed by atoms with E-state index >= 15 is 0 Å². The zero-order valence-corrected chi connectivity index (χ0v) is 10.4. The smallest absolute Gasteiger partial charge is 0.221 e. The van der Waals surface area contributed by atoms with E-state index < -0.39 is 0 Å². The molecule has 3 nitrogen and oxygen atoms in total. The van der Waals surface area contributed by atoms with Crippen LogP contribution in [-0.4, -0.2) is 23.5 Å². The van der Waals surface area contributed by atoms with Gasteiger partial charge >= 0.3 is 0 Å². The van der Waals surface area contributed by atoms with Crippen LogP contribution in [0.4, 0.5) is 5.69 Å². The number of benzene rings is 1. The molecule has 0 heterocycles. The molecule has 0 aromatic heterocycles. The number of carbonyl (C=O) groups excluding carboxylic acids is 1. The third kappa shape index (κ3) is 3.26. The molecule has 0 bridgehead atoms. The third-order valence-electron chi connectivity index (χ3n) is 2.61. The fraction of sp³-hybridized carbons (Fsp3) is 0.462. The van der Waals surface area contributed by atoms with E-state index in [0.29, 0.717) is 0 Å². The van der Waals surface area contributed by atoms with Gasteiger partial charge in [0.2, 0.25) is 5.91 Å². The Kier molecular flexibility index (Phi) is 4.35. The van der Waals surface area contributed by atoms with Crippen LogP contribution >= 0.6 is 0 Å². The predicted molar refractivity (Wildman–Crippen MR) is 67.3 cm³/mol. The lowest BCUT2D eigenvalue weighted by molar-refractivity contribution is -0.130. The van der Waals surface area contributed by atoms with Gasteiger partial charge < -0.3 is 10.2 Å². The highest BCUT2D eigenvalue weighted by Crippen LogP contribution is 2.12. The van der Waals surface area contributed by atoms with Crippen LogP contribution in [0.3, 0.4) is 0 Å². The van der Waals surface area contributed by atoms with Crippen LogP contribution in [-0.2, 0) is 4.79 Å². The zero-order valence-electron chi connectivity index (χ0n) is 10.4. The first-order valence-corrected chi connectivity index (χ1v) is 5.65. The molecule has 0 spiro atoms. The number of aryl methyl sites for hydroxylation is 1. The maximum atomic E-state index is 11.4. The van der Waals surface area contributed by atoms with Crippen molar-refractivity contribution in [3.8, 4) is 0 Å². The van der Waals surface area contributed by atoms with Gasteiger partial charge in [0, 0.05) is 19.2 Å². The molecule has 0 aliphatic heterocycles. The van der Waals surface area contributed by atoms with Gasteiger partial charge in [0.05, 0.1) is 6.17 Å². The third-order valence-corrected chi connectivity index (χ3v) is 2.61. The lowest BCUT2D eigenvalue weighted by Crippen LogP contribution is -2.41. The summed E-state index contributed by atoms with van der Waals surface area (Å²) in [5, 5.41) is 3.32. The number of amides is 1. The van der Waals surface area contributed by atoms with Crippen molar-refractivity contribution in [1.29, 1.82) is 0 Å². The highest BCUT2D eigenvalue weighted by atomic mass is 16.2. The molecule has 0 saturated carbocycles. The lowest BCUT2D eigenvalue weighted by atomic mass is 10.2. The van der Waals surface area contributed by atoms with Crippen LogP contribution in [0.25, 0.3) is 0 Å². The average molecular weight is 220 g/mol. The molecule has 1 unspecified atom stereocenters. The fourth-order valence-corrected chi connectivity index (χ4v) is 1.82. The summed E-state index contributed by atoms with van der Waals surface area (Å²) >= 11 is 0. The van der Waals surface area contributed by atoms with E-state index in [1.807, 2.05) is 26.0 Å². The van der Waals surface area contributed by atoms with Crippen LogP contribution in [0.1, 0.15) is 26.3 Å². The van der Waals surface area contributed by atoms with Crippen molar-refractivity contribution in [3.63, 3.8) is 0 Å². The monoisotopic (exact) mass is 220 g/mol. The summed E-state index contributed by atoms with van der Waals surface area (Å²) in [6.45, 7) is 8.34. The molecule has 1 atom stereocenters. The Morgan fingerprint density at radius 2 is 2.19 bits per heavy atom. The minimum absolute atomic E-state index is 0.0179. The molecule has 1 aromatic carbocycles. The van der Waals surface area contributed by atoms with Crippen molar-refractivity contribution in [1.82, 2.24) is 4.90 Å². The summed E-state index contributed by atoms with van der Waals surface area (Å²) < 4.78 is 0. The van der Waals surface area contributed by atoms with Crippen LogP contribution in [0.2, 0.25) is 0 Å². The molecule has 1 rings (SSSR count). The zero-order chi connectivity index (χ0) is 12.1. The van der Waals surface area contributed by atoms with E-state index in [9.17, 15) is 4.79 Å². The molecule has 1 aromatic rings. The SMILES string of the molecule is CCN(C(C)=O)C(C)Nc1cccc(C)c1. The summed E-state index contributed by atoms with van der Waals surface area (Å²) in [6.07, 6.45) is 0.0179. The van der Waals surface area contributed by atoms with Crippen molar-refractivity contribution in [3.05, 3.63) is 29.8 Å². The summed E-state index contributed by atoms with van der Waals surface area (Å²) in [7, 11) is 0. The predicted octanol–water partition coefficient (Wildman–Crippen LogP) is 2.62. The molecular weight excluding hydrogens is 200 g/mol. The molecule has 16 heavy (non-hydrogen) atoms. The fourth-order valence-electron chi connectivity index (χ4n) is 1.82. The Balaban J connectivity index is 2.69. The molecule has 0 fully saturated rings. The molecular formula is C13H20N2O. The first-order chi connectivity index (χ1) is 7.54. The summed E-state index contributed by atoms with van der Waals surface area (Å²) in [5.41, 5.74) is 2.26. The minimum atomic E-state index is 0.0179. The second-order valence-electron chi connectivity index (χ2n) is 3.99. The van der Waals surface area contributed by atoms with Gasteiger partial charge in [0.25, 0.3) is 0 Å². The summed E-state index contributed by atoms with van der Waals surface area (Å²) in [5.74, 6) is 0.0927. The van der Waals surface area contributed by atoms with Crippen LogP contribution in [0.15, 0.2) is 24.3 Å². The second kappa shape index (κ2) is 5.54. The Hall–Kier alpha value is -1.51. The van der Waals surface area contributed by atoms with E-state index in [1.165, 1.54) is 5.56 Å². The highest BCUT2D eigenvalue weighted by Gasteiger charge is 2.13. The van der Waals surface area contributed by atoms with E-state index in [2.05, 4.69) is 24.4 Å². The Labute approximate surface area is 97.5 Å². The topological polar surface area (TPSA) is 32.3 Å². The first kappa shape index (κ1) is 12.6. The Morgan fingerprint density at radius 3 is 2.69 bits per heavy atom. The highest BCUT2D eigenvalue weighted by molar-refractivity contribution is 5.73. The van der Waals surface area contributed by atoms with Gasteiger partial charge in [-0.25, -0.2) is 0 Å². The van der Waals surface area contributed by atoms with Crippen LogP contribution < -0.4 is 5.32 Å². The Bertz CT molecular complexity index is 363. The Morgan fingerprint density at radius 1 is 1.50 bits per heavy atom. The van der Waals surface area contributed by atoms with Crippen molar-refractivity contribution >= 4 is 11.6 Å². The molecule has 1 amide bonds. The average Bonchev–Trinajstić information content (AvgIpc) is 2.17. The van der Waals surface area contributed by atoms with Crippen molar-refractivity contribution in [2.45, 2.75) is 33.9 Å². The number of nitrogens with one attached hydrogen (secondary N) is 1. The largest absolute Gasteiger partial charge is 0.365 e. The number of hydrogen-bond acceptors (Lipinski definition) is 2. The standard InChI is InChI=1S/C13H20N2O/c1-5-15(12(4)16)11(3)14-13-8-6-7-10(2)9-13/h6-9,11,14H,5H2,1-4H3. The van der Waals surface area contributed by atoms with Gasteiger partial charge in [-0.3, -0.25) is 4.79 Å². The van der Waals surface area contributed by atoms with Crippen molar-refractivity contribution in [2.24, 2.45) is 0 Å². The van der Waals surface area contributed by atoms with E-state index in [4.69, 9.17) is 0 Å². The quantitative estimate of drug-likeness (QED) is 0.791. The van der Waals surface area contributed by atoms with Gasteiger partial charge in [0.15, 0.2) is 0 Å². The van der Waals surface area contributed by atoms with Gasteiger partial charge in [-0.15, -0.1) is 0 Å². The molecule has 0 aliphatic rings. The van der Waals surface area contributed by atoms with Crippen molar-refractivity contribution < 1.29 is 4.79 Å². The molecule has 0 radical (unpaired) electrons. The maximum Gasteiger partial charge on any atom is 0.221 e. The van der Waals surface area contributed by atoms with Crippen LogP contribution in [0.5, 0.6) is 0 Å². The molecule has 1 N–H and O–H groups in total. The van der Waals surface area contributed by atoms with Gasteiger partial charge in [-0.05, 0) is 38.5 Å². The molecule has 3 heteroatoms. The van der Waals surface area contributed by atoms with E-state index in [1.54, 1.807) is 11.8 Å². The van der Waals surface area contributed by atoms with Crippen molar-refractivity contribution in [2.75, 3.05) is 11.9 Å². The van der Waals surface area contributed by atoms with Gasteiger partial charge in [-0.2, -0.15) is 0 Å². The van der Waals surface area contributed by atoms with E-state index in [0.717, 1.165) is 12.2 Å².